The number of carbonyl (C=O) groups is 3. The van der Waals surface area contributed by atoms with Gasteiger partial charge in [-0.3, -0.25) is 14.4 Å². The van der Waals surface area contributed by atoms with Gasteiger partial charge in [0.1, 0.15) is 6.04 Å². The topological polar surface area (TPSA) is 84.5 Å². The lowest BCUT2D eigenvalue weighted by molar-refractivity contribution is -0.140. The van der Waals surface area contributed by atoms with Crippen molar-refractivity contribution < 1.29 is 19.1 Å². The number of hydrogen-bond acceptors (Lipinski definition) is 4. The van der Waals surface area contributed by atoms with Crippen LogP contribution in [0.2, 0.25) is 5.02 Å². The first-order chi connectivity index (χ1) is 9.93. The van der Waals surface area contributed by atoms with E-state index in [1.807, 2.05) is 0 Å². The third-order valence-corrected chi connectivity index (χ3v) is 2.96. The van der Waals surface area contributed by atoms with Crippen LogP contribution in [0, 0.1) is 0 Å². The summed E-state index contributed by atoms with van der Waals surface area (Å²) in [6.07, 6.45) is 0.0834. The van der Waals surface area contributed by atoms with Gasteiger partial charge in [-0.05, 0) is 31.2 Å². The molecule has 0 aliphatic heterocycles. The number of methoxy groups -OCH3 is 1. The second kappa shape index (κ2) is 8.26. The fraction of sp³-hybridized carbons (Fsp3) is 0.357. The minimum Gasteiger partial charge on any atom is -0.469 e. The molecule has 6 nitrogen and oxygen atoms in total. The molecule has 0 aliphatic rings. The fourth-order valence-corrected chi connectivity index (χ4v) is 1.62. The normalized spacial score (nSPS) is 11.4. The van der Waals surface area contributed by atoms with Crippen molar-refractivity contribution >= 4 is 29.4 Å². The number of halogens is 1. The highest BCUT2D eigenvalue weighted by molar-refractivity contribution is 6.30. The molecular formula is C14H17ClN2O4. The summed E-state index contributed by atoms with van der Waals surface area (Å²) >= 11 is 5.73. The summed E-state index contributed by atoms with van der Waals surface area (Å²) in [5.41, 5.74) is 0.411. The SMILES string of the molecule is COC(=O)CCNC(=O)C(C)NC(=O)c1ccc(Cl)cc1. The molecule has 1 aromatic carbocycles. The van der Waals surface area contributed by atoms with E-state index in [0.29, 0.717) is 10.6 Å². The van der Waals surface area contributed by atoms with Gasteiger partial charge >= 0.3 is 5.97 Å². The summed E-state index contributed by atoms with van der Waals surface area (Å²) in [6, 6.07) is 5.61. The Bertz CT molecular complexity index is 516. The van der Waals surface area contributed by atoms with Crippen LogP contribution in [0.4, 0.5) is 0 Å². The van der Waals surface area contributed by atoms with Crippen LogP contribution in [-0.2, 0) is 14.3 Å². The Labute approximate surface area is 127 Å². The standard InChI is InChI=1S/C14H17ClN2O4/c1-9(13(19)16-8-7-12(18)21-2)17-14(20)10-3-5-11(15)6-4-10/h3-6,9H,7-8H2,1-2H3,(H,16,19)(H,17,20). The van der Waals surface area contributed by atoms with Crippen molar-refractivity contribution in [1.29, 1.82) is 0 Å². The maximum absolute atomic E-state index is 11.9. The molecule has 0 spiro atoms. The lowest BCUT2D eigenvalue weighted by Gasteiger charge is -2.14. The van der Waals surface area contributed by atoms with E-state index in [-0.39, 0.29) is 24.8 Å². The van der Waals surface area contributed by atoms with Crippen LogP contribution in [0.5, 0.6) is 0 Å². The van der Waals surface area contributed by atoms with E-state index in [2.05, 4.69) is 15.4 Å². The van der Waals surface area contributed by atoms with Gasteiger partial charge in [0.25, 0.3) is 5.91 Å². The first kappa shape index (κ1) is 17.0. The molecule has 114 valence electrons. The summed E-state index contributed by atoms with van der Waals surface area (Å²) < 4.78 is 4.45. The third-order valence-electron chi connectivity index (χ3n) is 2.70. The van der Waals surface area contributed by atoms with Gasteiger partial charge in [-0.2, -0.15) is 0 Å². The summed E-state index contributed by atoms with van der Waals surface area (Å²) in [4.78, 5) is 34.5. The predicted molar refractivity (Wildman–Crippen MR) is 78.0 cm³/mol. The average Bonchev–Trinajstić information content (AvgIpc) is 2.47. The molecule has 0 bridgehead atoms. The van der Waals surface area contributed by atoms with Crippen LogP contribution < -0.4 is 10.6 Å². The van der Waals surface area contributed by atoms with Gasteiger partial charge in [0.15, 0.2) is 0 Å². The second-order valence-corrected chi connectivity index (χ2v) is 4.76. The number of carbonyl (C=O) groups excluding carboxylic acids is 3. The highest BCUT2D eigenvalue weighted by Gasteiger charge is 2.16. The molecule has 1 aromatic rings. The quantitative estimate of drug-likeness (QED) is 0.771. The number of amides is 2. The zero-order valence-electron chi connectivity index (χ0n) is 11.8. The van der Waals surface area contributed by atoms with Crippen LogP contribution in [-0.4, -0.2) is 37.5 Å². The van der Waals surface area contributed by atoms with Crippen molar-refractivity contribution in [3.63, 3.8) is 0 Å². The van der Waals surface area contributed by atoms with Crippen LogP contribution in [0.15, 0.2) is 24.3 Å². The van der Waals surface area contributed by atoms with Crippen molar-refractivity contribution in [3.05, 3.63) is 34.9 Å². The van der Waals surface area contributed by atoms with E-state index in [4.69, 9.17) is 11.6 Å². The van der Waals surface area contributed by atoms with E-state index in [0.717, 1.165) is 0 Å². The minimum atomic E-state index is -0.717. The monoisotopic (exact) mass is 312 g/mol. The maximum atomic E-state index is 11.9. The largest absolute Gasteiger partial charge is 0.469 e. The molecule has 0 heterocycles. The molecule has 0 aromatic heterocycles. The number of ether oxygens (including phenoxy) is 1. The molecule has 2 N–H and O–H groups in total. The third kappa shape index (κ3) is 5.83. The maximum Gasteiger partial charge on any atom is 0.307 e. The molecule has 0 aliphatic carbocycles. The number of nitrogens with one attached hydrogen (secondary N) is 2. The Hall–Kier alpha value is -2.08. The smallest absolute Gasteiger partial charge is 0.307 e. The van der Waals surface area contributed by atoms with E-state index in [1.165, 1.54) is 7.11 Å². The zero-order valence-corrected chi connectivity index (χ0v) is 12.6. The Morgan fingerprint density at radius 2 is 1.86 bits per heavy atom. The molecule has 1 unspecified atom stereocenters. The van der Waals surface area contributed by atoms with Crippen molar-refractivity contribution in [2.24, 2.45) is 0 Å². The van der Waals surface area contributed by atoms with Gasteiger partial charge < -0.3 is 15.4 Å². The first-order valence-electron chi connectivity index (χ1n) is 6.35. The molecule has 0 fully saturated rings. The number of esters is 1. The molecule has 2 amide bonds. The first-order valence-corrected chi connectivity index (χ1v) is 6.72. The Morgan fingerprint density at radius 3 is 2.43 bits per heavy atom. The van der Waals surface area contributed by atoms with Gasteiger partial charge in [-0.1, -0.05) is 11.6 Å². The lowest BCUT2D eigenvalue weighted by atomic mass is 10.2. The van der Waals surface area contributed by atoms with E-state index >= 15 is 0 Å². The van der Waals surface area contributed by atoms with Gasteiger partial charge in [0.2, 0.25) is 5.91 Å². The minimum absolute atomic E-state index is 0.0834. The number of benzene rings is 1. The second-order valence-electron chi connectivity index (χ2n) is 4.32. The Kier molecular flexibility index (Phi) is 6.68. The summed E-state index contributed by atoms with van der Waals surface area (Å²) in [5.74, 6) is -1.16. The van der Waals surface area contributed by atoms with E-state index < -0.39 is 12.0 Å². The summed E-state index contributed by atoms with van der Waals surface area (Å²) in [5, 5.41) is 5.62. The molecule has 0 saturated carbocycles. The number of rotatable bonds is 6. The van der Waals surface area contributed by atoms with Gasteiger partial charge in [-0.15, -0.1) is 0 Å². The highest BCUT2D eigenvalue weighted by atomic mass is 35.5. The van der Waals surface area contributed by atoms with Crippen molar-refractivity contribution in [2.75, 3.05) is 13.7 Å². The van der Waals surface area contributed by atoms with Gasteiger partial charge in [0, 0.05) is 17.1 Å². The molecule has 1 rings (SSSR count). The summed E-state index contributed by atoms with van der Waals surface area (Å²) in [6.45, 7) is 1.72. The van der Waals surface area contributed by atoms with Crippen LogP contribution in [0.3, 0.4) is 0 Å². The Balaban J connectivity index is 2.42. The van der Waals surface area contributed by atoms with E-state index in [9.17, 15) is 14.4 Å². The van der Waals surface area contributed by atoms with Crippen molar-refractivity contribution in [2.45, 2.75) is 19.4 Å². The lowest BCUT2D eigenvalue weighted by Crippen LogP contribution is -2.45. The predicted octanol–water partition coefficient (Wildman–Crippen LogP) is 1.14. The van der Waals surface area contributed by atoms with Crippen LogP contribution in [0.25, 0.3) is 0 Å². The highest BCUT2D eigenvalue weighted by Crippen LogP contribution is 2.09. The Morgan fingerprint density at radius 1 is 1.24 bits per heavy atom. The molecule has 1 atom stereocenters. The molecular weight excluding hydrogens is 296 g/mol. The van der Waals surface area contributed by atoms with Crippen LogP contribution >= 0.6 is 11.6 Å². The van der Waals surface area contributed by atoms with E-state index in [1.54, 1.807) is 31.2 Å². The molecule has 0 saturated heterocycles. The van der Waals surface area contributed by atoms with Crippen molar-refractivity contribution in [1.82, 2.24) is 10.6 Å². The molecule has 0 radical (unpaired) electrons. The number of hydrogen-bond donors (Lipinski definition) is 2. The van der Waals surface area contributed by atoms with Gasteiger partial charge in [-0.25, -0.2) is 0 Å². The average molecular weight is 313 g/mol. The summed E-state index contributed by atoms with van der Waals surface area (Å²) in [7, 11) is 1.28. The van der Waals surface area contributed by atoms with Gasteiger partial charge in [0.05, 0.1) is 13.5 Å². The molecule has 21 heavy (non-hydrogen) atoms. The van der Waals surface area contributed by atoms with Crippen LogP contribution in [0.1, 0.15) is 23.7 Å². The molecule has 7 heteroatoms. The fourth-order valence-electron chi connectivity index (χ4n) is 1.49. The zero-order chi connectivity index (χ0) is 15.8. The van der Waals surface area contributed by atoms with Crippen molar-refractivity contribution in [3.8, 4) is 0 Å².